The lowest BCUT2D eigenvalue weighted by molar-refractivity contribution is -0.138. The van der Waals surface area contributed by atoms with Crippen molar-refractivity contribution >= 4 is 11.8 Å². The summed E-state index contributed by atoms with van der Waals surface area (Å²) in [4.78, 5) is 28.6. The molecule has 22 heavy (non-hydrogen) atoms. The fraction of sp³-hybridized carbons (Fsp3) is 0.882. The third-order valence-electron chi connectivity index (χ3n) is 4.52. The average molecular weight is 309 g/mol. The molecule has 2 fully saturated rings. The zero-order valence-corrected chi connectivity index (χ0v) is 14.4. The quantitative estimate of drug-likeness (QED) is 0.862. The van der Waals surface area contributed by atoms with Gasteiger partial charge in [-0.1, -0.05) is 19.3 Å². The molecule has 1 aliphatic carbocycles. The monoisotopic (exact) mass is 309 g/mol. The van der Waals surface area contributed by atoms with Crippen molar-refractivity contribution in [3.63, 3.8) is 0 Å². The summed E-state index contributed by atoms with van der Waals surface area (Å²) in [6, 6.07) is 0. The molecule has 0 aromatic carbocycles. The van der Waals surface area contributed by atoms with Crippen LogP contribution in [0.15, 0.2) is 0 Å². The fourth-order valence-corrected chi connectivity index (χ4v) is 3.39. The topological polar surface area (TPSA) is 52.7 Å². The largest absolute Gasteiger partial charge is 0.350 e. The minimum absolute atomic E-state index is 0.0690. The van der Waals surface area contributed by atoms with Gasteiger partial charge in [-0.25, -0.2) is 0 Å². The lowest BCUT2D eigenvalue weighted by Crippen LogP contribution is -2.53. The summed E-state index contributed by atoms with van der Waals surface area (Å²) in [7, 11) is 0. The highest BCUT2D eigenvalue weighted by atomic mass is 16.2. The number of piperazine rings is 1. The molecule has 5 nitrogen and oxygen atoms in total. The van der Waals surface area contributed by atoms with Crippen molar-refractivity contribution in [2.24, 2.45) is 5.92 Å². The molecule has 0 unspecified atom stereocenters. The SMILES string of the molecule is CC(C)(C)NC(=O)CN1CCN(C(=O)C2CCCCC2)CC1. The Labute approximate surface area is 134 Å². The maximum atomic E-state index is 12.5. The van der Waals surface area contributed by atoms with Crippen LogP contribution in [0, 0.1) is 5.92 Å². The molecule has 0 aromatic rings. The smallest absolute Gasteiger partial charge is 0.234 e. The van der Waals surface area contributed by atoms with Crippen LogP contribution in [-0.4, -0.2) is 59.9 Å². The molecule has 126 valence electrons. The lowest BCUT2D eigenvalue weighted by Gasteiger charge is -2.37. The first-order valence-corrected chi connectivity index (χ1v) is 8.67. The predicted molar refractivity (Wildman–Crippen MR) is 87.5 cm³/mol. The van der Waals surface area contributed by atoms with Gasteiger partial charge in [-0.15, -0.1) is 0 Å². The summed E-state index contributed by atoms with van der Waals surface area (Å²) in [5.74, 6) is 0.669. The minimum atomic E-state index is -0.185. The minimum Gasteiger partial charge on any atom is -0.350 e. The zero-order chi connectivity index (χ0) is 16.2. The first kappa shape index (κ1) is 17.3. The van der Waals surface area contributed by atoms with Gasteiger partial charge in [0, 0.05) is 37.6 Å². The average Bonchev–Trinajstić information content (AvgIpc) is 2.46. The maximum Gasteiger partial charge on any atom is 0.234 e. The van der Waals surface area contributed by atoms with Gasteiger partial charge in [-0.3, -0.25) is 14.5 Å². The summed E-state index contributed by atoms with van der Waals surface area (Å²) in [6.45, 7) is 9.54. The van der Waals surface area contributed by atoms with Crippen LogP contribution in [0.25, 0.3) is 0 Å². The van der Waals surface area contributed by atoms with E-state index in [1.165, 1.54) is 19.3 Å². The number of nitrogens with zero attached hydrogens (tertiary/aromatic N) is 2. The van der Waals surface area contributed by atoms with Crippen LogP contribution in [0.3, 0.4) is 0 Å². The van der Waals surface area contributed by atoms with Gasteiger partial charge in [-0.2, -0.15) is 0 Å². The van der Waals surface area contributed by atoms with Crippen molar-refractivity contribution in [3.05, 3.63) is 0 Å². The molecular weight excluding hydrogens is 278 g/mol. The number of hydrogen-bond donors (Lipinski definition) is 1. The van der Waals surface area contributed by atoms with E-state index in [1.54, 1.807) is 0 Å². The number of nitrogens with one attached hydrogen (secondary N) is 1. The van der Waals surface area contributed by atoms with Crippen LogP contribution >= 0.6 is 0 Å². The second kappa shape index (κ2) is 7.44. The zero-order valence-electron chi connectivity index (χ0n) is 14.4. The highest BCUT2D eigenvalue weighted by molar-refractivity contribution is 5.80. The Morgan fingerprint density at radius 3 is 2.14 bits per heavy atom. The van der Waals surface area contributed by atoms with E-state index >= 15 is 0 Å². The molecule has 1 N–H and O–H groups in total. The number of carbonyl (C=O) groups is 2. The second-order valence-electron chi connectivity index (χ2n) is 7.73. The van der Waals surface area contributed by atoms with E-state index in [1.807, 2.05) is 25.7 Å². The van der Waals surface area contributed by atoms with Crippen molar-refractivity contribution in [2.75, 3.05) is 32.7 Å². The van der Waals surface area contributed by atoms with Gasteiger partial charge in [0.2, 0.25) is 11.8 Å². The third-order valence-corrected chi connectivity index (χ3v) is 4.52. The lowest BCUT2D eigenvalue weighted by atomic mass is 9.88. The molecule has 5 heteroatoms. The number of hydrogen-bond acceptors (Lipinski definition) is 3. The predicted octanol–water partition coefficient (Wildman–Crippen LogP) is 1.63. The van der Waals surface area contributed by atoms with Crippen molar-refractivity contribution in [1.82, 2.24) is 15.1 Å². The van der Waals surface area contributed by atoms with E-state index in [0.717, 1.165) is 39.0 Å². The standard InChI is InChI=1S/C17H31N3O2/c1-17(2,3)18-15(21)13-19-9-11-20(12-10-19)16(22)14-7-5-4-6-8-14/h14H,4-13H2,1-3H3,(H,18,21). The van der Waals surface area contributed by atoms with Crippen LogP contribution in [0.5, 0.6) is 0 Å². The Hall–Kier alpha value is -1.10. The summed E-state index contributed by atoms with van der Waals surface area (Å²) < 4.78 is 0. The Bertz CT molecular complexity index is 389. The first-order valence-electron chi connectivity index (χ1n) is 8.67. The molecule has 2 aliphatic rings. The molecule has 2 amide bonds. The van der Waals surface area contributed by atoms with Crippen LogP contribution in [-0.2, 0) is 9.59 Å². The van der Waals surface area contributed by atoms with Gasteiger partial charge in [0.25, 0.3) is 0 Å². The molecule has 1 heterocycles. The van der Waals surface area contributed by atoms with Crippen molar-refractivity contribution in [3.8, 4) is 0 Å². The molecular formula is C17H31N3O2. The number of amides is 2. The van der Waals surface area contributed by atoms with Gasteiger partial charge in [-0.05, 0) is 33.6 Å². The van der Waals surface area contributed by atoms with Crippen LogP contribution in [0.1, 0.15) is 52.9 Å². The first-order chi connectivity index (χ1) is 10.3. The molecule has 0 spiro atoms. The van der Waals surface area contributed by atoms with Gasteiger partial charge >= 0.3 is 0 Å². The molecule has 1 saturated heterocycles. The fourth-order valence-electron chi connectivity index (χ4n) is 3.39. The van der Waals surface area contributed by atoms with Gasteiger partial charge in [0.05, 0.1) is 6.54 Å². The van der Waals surface area contributed by atoms with Gasteiger partial charge in [0.1, 0.15) is 0 Å². The molecule has 2 rings (SSSR count). The summed E-state index contributed by atoms with van der Waals surface area (Å²) in [5, 5.41) is 2.99. The maximum absolute atomic E-state index is 12.5. The normalized spacial score (nSPS) is 21.7. The van der Waals surface area contributed by atoms with Gasteiger partial charge < -0.3 is 10.2 Å². The Kier molecular flexibility index (Phi) is 5.84. The molecule has 1 saturated carbocycles. The van der Waals surface area contributed by atoms with E-state index in [4.69, 9.17) is 0 Å². The van der Waals surface area contributed by atoms with Gasteiger partial charge in [0.15, 0.2) is 0 Å². The molecule has 0 aromatic heterocycles. The van der Waals surface area contributed by atoms with Crippen LogP contribution < -0.4 is 5.32 Å². The van der Waals surface area contributed by atoms with Crippen molar-refractivity contribution in [1.29, 1.82) is 0 Å². The van der Waals surface area contributed by atoms with E-state index in [0.29, 0.717) is 12.5 Å². The number of carbonyl (C=O) groups excluding carboxylic acids is 2. The second-order valence-corrected chi connectivity index (χ2v) is 7.73. The molecule has 1 aliphatic heterocycles. The van der Waals surface area contributed by atoms with E-state index in [-0.39, 0.29) is 17.4 Å². The summed E-state index contributed by atoms with van der Waals surface area (Å²) in [5.41, 5.74) is -0.185. The molecule has 0 atom stereocenters. The van der Waals surface area contributed by atoms with E-state index in [2.05, 4.69) is 10.2 Å². The van der Waals surface area contributed by atoms with E-state index in [9.17, 15) is 9.59 Å². The Morgan fingerprint density at radius 1 is 1.00 bits per heavy atom. The van der Waals surface area contributed by atoms with Crippen molar-refractivity contribution in [2.45, 2.75) is 58.4 Å². The summed E-state index contributed by atoms with van der Waals surface area (Å²) in [6.07, 6.45) is 5.80. The summed E-state index contributed by atoms with van der Waals surface area (Å²) >= 11 is 0. The number of rotatable bonds is 3. The van der Waals surface area contributed by atoms with E-state index < -0.39 is 0 Å². The molecule has 0 bridgehead atoms. The third kappa shape index (κ3) is 5.27. The van der Waals surface area contributed by atoms with Crippen LogP contribution in [0.4, 0.5) is 0 Å². The van der Waals surface area contributed by atoms with Crippen LogP contribution in [0.2, 0.25) is 0 Å². The Morgan fingerprint density at radius 2 is 1.59 bits per heavy atom. The highest BCUT2D eigenvalue weighted by Crippen LogP contribution is 2.25. The molecule has 0 radical (unpaired) electrons. The van der Waals surface area contributed by atoms with Crippen molar-refractivity contribution < 1.29 is 9.59 Å². The highest BCUT2D eigenvalue weighted by Gasteiger charge is 2.29. The Balaban J connectivity index is 1.73.